The minimum absolute atomic E-state index is 0.0540. The molecule has 41 heavy (non-hydrogen) atoms. The van der Waals surface area contributed by atoms with Crippen molar-refractivity contribution in [3.8, 4) is 11.5 Å². The summed E-state index contributed by atoms with van der Waals surface area (Å²) in [5.74, 6) is 1.82. The number of aryl methyl sites for hydroxylation is 2. The molecule has 1 unspecified atom stereocenters. The predicted octanol–water partition coefficient (Wildman–Crippen LogP) is 7.20. The summed E-state index contributed by atoms with van der Waals surface area (Å²) in [7, 11) is 1.67. The summed E-state index contributed by atoms with van der Waals surface area (Å²) in [5.41, 5.74) is 5.95. The standard InChI is InChI=1S/C33H45BN2O4S/c1-22(2)40-30-19-24(4)27(20-29(30)39-6)11-10-23(3)31(35-25(5)28-13-18-41-21-28)32(37)34-14-7-9-26(12-15-34)33(38)36-16-8-17-36/h13,18-22,26H,7-12,14-17H2,1-6H3/b31-23+,35-25+. The van der Waals surface area contributed by atoms with E-state index < -0.39 is 0 Å². The summed E-state index contributed by atoms with van der Waals surface area (Å²) in [6.07, 6.45) is 6.81. The van der Waals surface area contributed by atoms with E-state index >= 15 is 0 Å². The van der Waals surface area contributed by atoms with Gasteiger partial charge in [0, 0.05) is 30.3 Å². The zero-order valence-corrected chi connectivity index (χ0v) is 26.4. The molecule has 1 atom stereocenters. The fraction of sp³-hybridized carbons (Fsp3) is 0.545. The second-order valence-electron chi connectivity index (χ2n) is 11.9. The summed E-state index contributed by atoms with van der Waals surface area (Å²) in [4.78, 5) is 34.0. The highest BCUT2D eigenvalue weighted by Gasteiger charge is 2.35. The Bertz CT molecular complexity index is 1280. The minimum Gasteiger partial charge on any atom is -0.493 e. The van der Waals surface area contributed by atoms with Gasteiger partial charge in [-0.3, -0.25) is 9.79 Å². The van der Waals surface area contributed by atoms with Crippen molar-refractivity contribution in [1.29, 1.82) is 0 Å². The lowest BCUT2D eigenvalue weighted by Gasteiger charge is -2.34. The number of nitrogens with zero attached hydrogens (tertiary/aromatic N) is 2. The largest absolute Gasteiger partial charge is 0.493 e. The quantitative estimate of drug-likeness (QED) is 0.161. The van der Waals surface area contributed by atoms with E-state index in [0.717, 1.165) is 98.2 Å². The molecule has 0 N–H and O–H groups in total. The number of carbonyl (C=O) groups excluding carboxylic acids is 2. The number of hydrogen-bond acceptors (Lipinski definition) is 6. The van der Waals surface area contributed by atoms with Gasteiger partial charge in [-0.15, -0.1) is 0 Å². The highest BCUT2D eigenvalue weighted by molar-refractivity contribution is 7.08. The molecule has 2 saturated heterocycles. The van der Waals surface area contributed by atoms with E-state index in [1.807, 2.05) is 44.0 Å². The van der Waals surface area contributed by atoms with Gasteiger partial charge in [-0.25, -0.2) is 0 Å². The summed E-state index contributed by atoms with van der Waals surface area (Å²) in [5, 5.41) is 4.11. The second kappa shape index (κ2) is 14.3. The maximum Gasteiger partial charge on any atom is 0.232 e. The molecule has 1 aromatic carbocycles. The number of thiophene rings is 1. The first-order valence-electron chi connectivity index (χ1n) is 15.1. The molecule has 4 rings (SSSR count). The molecule has 2 aliphatic heterocycles. The van der Waals surface area contributed by atoms with E-state index in [4.69, 9.17) is 14.5 Å². The molecule has 6 nitrogen and oxygen atoms in total. The van der Waals surface area contributed by atoms with Crippen molar-refractivity contribution in [1.82, 2.24) is 4.90 Å². The molecule has 0 saturated carbocycles. The Kier molecular flexibility index (Phi) is 10.9. The van der Waals surface area contributed by atoms with Crippen molar-refractivity contribution in [2.45, 2.75) is 91.9 Å². The molecule has 3 heterocycles. The molecule has 220 valence electrons. The number of allylic oxidation sites excluding steroid dienone is 2. The number of ether oxygens (including phenoxy) is 2. The van der Waals surface area contributed by atoms with Crippen LogP contribution < -0.4 is 9.47 Å². The van der Waals surface area contributed by atoms with Crippen LogP contribution in [0.3, 0.4) is 0 Å². The molecule has 0 bridgehead atoms. The Morgan fingerprint density at radius 3 is 2.54 bits per heavy atom. The van der Waals surface area contributed by atoms with Gasteiger partial charge < -0.3 is 19.2 Å². The Morgan fingerprint density at radius 2 is 1.90 bits per heavy atom. The molecule has 0 aliphatic carbocycles. The zero-order chi connectivity index (χ0) is 29.5. The van der Waals surface area contributed by atoms with Gasteiger partial charge in [0.15, 0.2) is 11.5 Å². The van der Waals surface area contributed by atoms with Crippen LogP contribution in [0.4, 0.5) is 0 Å². The molecule has 0 radical (unpaired) electrons. The normalized spacial score (nSPS) is 18.5. The molecule has 1 amide bonds. The van der Waals surface area contributed by atoms with Crippen molar-refractivity contribution < 1.29 is 19.1 Å². The van der Waals surface area contributed by atoms with Crippen LogP contribution in [0.2, 0.25) is 12.6 Å². The highest BCUT2D eigenvalue weighted by Crippen LogP contribution is 2.33. The van der Waals surface area contributed by atoms with Gasteiger partial charge in [-0.2, -0.15) is 11.3 Å². The van der Waals surface area contributed by atoms with Gasteiger partial charge in [0.2, 0.25) is 12.6 Å². The van der Waals surface area contributed by atoms with Gasteiger partial charge in [0.05, 0.1) is 18.9 Å². The smallest absolute Gasteiger partial charge is 0.232 e. The van der Waals surface area contributed by atoms with E-state index in [9.17, 15) is 9.59 Å². The van der Waals surface area contributed by atoms with E-state index in [1.54, 1.807) is 18.4 Å². The van der Waals surface area contributed by atoms with Gasteiger partial charge in [0.1, 0.15) is 5.68 Å². The van der Waals surface area contributed by atoms with Crippen LogP contribution in [-0.2, 0) is 16.0 Å². The van der Waals surface area contributed by atoms with E-state index in [1.165, 1.54) is 5.56 Å². The van der Waals surface area contributed by atoms with Crippen LogP contribution in [0.25, 0.3) is 0 Å². The number of amides is 1. The fourth-order valence-electron chi connectivity index (χ4n) is 5.78. The first kappa shape index (κ1) is 31.1. The number of rotatable bonds is 11. The SMILES string of the molecule is COc1cc(CC/C(C)=C(/N=C(\C)c2ccsc2)C(=O)B2CCCC(C(=O)N3CCC3)CC2)c(C)cc1OC(C)C. The van der Waals surface area contributed by atoms with Crippen LogP contribution in [0.1, 0.15) is 76.5 Å². The zero-order valence-electron chi connectivity index (χ0n) is 25.6. The average Bonchev–Trinajstić information content (AvgIpc) is 3.34. The number of methoxy groups -OCH3 is 1. The third kappa shape index (κ3) is 7.91. The molecule has 2 fully saturated rings. The second-order valence-corrected chi connectivity index (χ2v) is 12.7. The van der Waals surface area contributed by atoms with Crippen molar-refractivity contribution in [3.63, 3.8) is 0 Å². The molecular formula is C33H45BN2O4S. The molecular weight excluding hydrogens is 531 g/mol. The predicted molar refractivity (Wildman–Crippen MR) is 170 cm³/mol. The van der Waals surface area contributed by atoms with Crippen molar-refractivity contribution >= 4 is 35.4 Å². The van der Waals surface area contributed by atoms with Gasteiger partial charge in [0.25, 0.3) is 0 Å². The summed E-state index contributed by atoms with van der Waals surface area (Å²) >= 11 is 1.63. The number of aliphatic imine (C=N–C) groups is 1. The lowest BCUT2D eigenvalue weighted by molar-refractivity contribution is -0.139. The van der Waals surface area contributed by atoms with Crippen LogP contribution in [-0.4, -0.2) is 55.2 Å². The maximum atomic E-state index is 14.1. The average molecular weight is 577 g/mol. The Hall–Kier alpha value is -2.87. The van der Waals surface area contributed by atoms with Gasteiger partial charge >= 0.3 is 0 Å². The first-order chi connectivity index (χ1) is 19.7. The van der Waals surface area contributed by atoms with E-state index in [0.29, 0.717) is 11.6 Å². The Morgan fingerprint density at radius 1 is 1.12 bits per heavy atom. The molecule has 2 aromatic rings. The first-order valence-corrected chi connectivity index (χ1v) is 16.1. The maximum absolute atomic E-state index is 14.1. The Labute approximate surface area is 250 Å². The lowest BCUT2D eigenvalue weighted by Crippen LogP contribution is -2.45. The Balaban J connectivity index is 1.56. The van der Waals surface area contributed by atoms with Gasteiger partial charge in [-0.05, 0) is 112 Å². The van der Waals surface area contributed by atoms with Crippen LogP contribution in [0.5, 0.6) is 11.5 Å². The molecule has 8 heteroatoms. The lowest BCUT2D eigenvalue weighted by atomic mass is 9.41. The van der Waals surface area contributed by atoms with Crippen molar-refractivity contribution in [3.05, 3.63) is 56.9 Å². The number of hydrogen-bond donors (Lipinski definition) is 0. The number of likely N-dealkylation sites (tertiary alicyclic amines) is 1. The van der Waals surface area contributed by atoms with Crippen molar-refractivity contribution in [2.75, 3.05) is 20.2 Å². The third-order valence-electron chi connectivity index (χ3n) is 8.47. The monoisotopic (exact) mass is 576 g/mol. The topological polar surface area (TPSA) is 68.2 Å². The third-order valence-corrected chi connectivity index (χ3v) is 9.15. The summed E-state index contributed by atoms with van der Waals surface area (Å²) in [6.45, 7) is 11.8. The summed E-state index contributed by atoms with van der Waals surface area (Å²) in [6, 6.07) is 6.15. The van der Waals surface area contributed by atoms with Crippen LogP contribution in [0.15, 0.2) is 45.2 Å². The highest BCUT2D eigenvalue weighted by atomic mass is 32.1. The van der Waals surface area contributed by atoms with Crippen LogP contribution in [0, 0.1) is 12.8 Å². The minimum atomic E-state index is -0.0949. The van der Waals surface area contributed by atoms with Crippen molar-refractivity contribution in [2.24, 2.45) is 10.9 Å². The molecule has 0 spiro atoms. The van der Waals surface area contributed by atoms with E-state index in [2.05, 4.69) is 24.4 Å². The van der Waals surface area contributed by atoms with Gasteiger partial charge in [-0.1, -0.05) is 19.1 Å². The van der Waals surface area contributed by atoms with Crippen LogP contribution >= 0.6 is 11.3 Å². The molecule has 2 aliphatic rings. The number of carbonyl (C=O) groups is 2. The summed E-state index contributed by atoms with van der Waals surface area (Å²) < 4.78 is 11.6. The number of benzene rings is 1. The fourth-order valence-corrected chi connectivity index (χ4v) is 6.48. The molecule has 1 aromatic heterocycles. The van der Waals surface area contributed by atoms with E-state index in [-0.39, 0.29) is 24.4 Å².